The van der Waals surface area contributed by atoms with Gasteiger partial charge in [-0.1, -0.05) is 30.3 Å². The van der Waals surface area contributed by atoms with Crippen molar-refractivity contribution >= 4 is 0 Å². The predicted molar refractivity (Wildman–Crippen MR) is 77.0 cm³/mol. The van der Waals surface area contributed by atoms with Crippen molar-refractivity contribution in [3.05, 3.63) is 46.8 Å². The molecular formula is C15H22N4. The van der Waals surface area contributed by atoms with Gasteiger partial charge in [0.25, 0.3) is 0 Å². The van der Waals surface area contributed by atoms with E-state index in [-0.39, 0.29) is 6.04 Å². The van der Waals surface area contributed by atoms with E-state index in [1.165, 1.54) is 16.7 Å². The zero-order valence-electron chi connectivity index (χ0n) is 12.1. The Morgan fingerprint density at radius 2 is 2.05 bits per heavy atom. The molecule has 0 aliphatic heterocycles. The smallest absolute Gasteiger partial charge is 0.0756 e. The van der Waals surface area contributed by atoms with Gasteiger partial charge in [0.1, 0.15) is 0 Å². The van der Waals surface area contributed by atoms with Gasteiger partial charge in [0, 0.05) is 7.05 Å². The summed E-state index contributed by atoms with van der Waals surface area (Å²) in [6, 6.07) is 6.92. The predicted octanol–water partition coefficient (Wildman–Crippen LogP) is 2.33. The van der Waals surface area contributed by atoms with Crippen LogP contribution in [0.15, 0.2) is 24.4 Å². The first-order chi connectivity index (χ1) is 9.11. The largest absolute Gasteiger partial charge is 0.309 e. The summed E-state index contributed by atoms with van der Waals surface area (Å²) in [6.45, 7) is 7.36. The Balaban J connectivity index is 2.21. The second-order valence-corrected chi connectivity index (χ2v) is 5.02. The highest BCUT2D eigenvalue weighted by atomic mass is 15.4. The van der Waals surface area contributed by atoms with Crippen LogP contribution >= 0.6 is 0 Å². The van der Waals surface area contributed by atoms with E-state index in [0.717, 1.165) is 18.7 Å². The molecule has 0 aliphatic carbocycles. The van der Waals surface area contributed by atoms with Gasteiger partial charge in [-0.2, -0.15) is 0 Å². The minimum absolute atomic E-state index is 0.257. The van der Waals surface area contributed by atoms with E-state index in [9.17, 15) is 0 Å². The molecule has 0 fully saturated rings. The molecule has 1 atom stereocenters. The number of rotatable bonds is 5. The van der Waals surface area contributed by atoms with Crippen molar-refractivity contribution in [2.24, 2.45) is 7.05 Å². The minimum Gasteiger partial charge on any atom is -0.309 e. The highest BCUT2D eigenvalue weighted by Gasteiger charge is 2.15. The van der Waals surface area contributed by atoms with Crippen LogP contribution in [0, 0.1) is 13.8 Å². The zero-order valence-corrected chi connectivity index (χ0v) is 12.1. The van der Waals surface area contributed by atoms with Crippen LogP contribution in [0.5, 0.6) is 0 Å². The van der Waals surface area contributed by atoms with Crippen LogP contribution in [0.25, 0.3) is 0 Å². The van der Waals surface area contributed by atoms with E-state index < -0.39 is 0 Å². The number of hydrogen-bond donors (Lipinski definition) is 1. The summed E-state index contributed by atoms with van der Waals surface area (Å²) in [5.41, 5.74) is 5.15. The first-order valence-corrected chi connectivity index (χ1v) is 6.76. The maximum atomic E-state index is 4.02. The SMILES string of the molecule is CCNC(Cc1ccc(C)c(C)c1)c1cnnn1C. The summed E-state index contributed by atoms with van der Waals surface area (Å²) in [5.74, 6) is 0. The summed E-state index contributed by atoms with van der Waals surface area (Å²) < 4.78 is 1.84. The van der Waals surface area contributed by atoms with Gasteiger partial charge in [-0.3, -0.25) is 4.68 Å². The lowest BCUT2D eigenvalue weighted by Gasteiger charge is -2.18. The molecule has 19 heavy (non-hydrogen) atoms. The molecule has 0 amide bonds. The number of hydrogen-bond acceptors (Lipinski definition) is 3. The highest BCUT2D eigenvalue weighted by molar-refractivity contribution is 5.30. The third-order valence-electron chi connectivity index (χ3n) is 3.57. The molecule has 102 valence electrons. The average molecular weight is 258 g/mol. The Hall–Kier alpha value is -1.68. The molecule has 4 nitrogen and oxygen atoms in total. The standard InChI is InChI=1S/C15H22N4/c1-5-16-14(15-10-17-18-19(15)4)9-13-7-6-11(2)12(3)8-13/h6-8,10,14,16H,5,9H2,1-4H3. The van der Waals surface area contributed by atoms with Crippen LogP contribution in [0.2, 0.25) is 0 Å². The fraction of sp³-hybridized carbons (Fsp3) is 0.467. The van der Waals surface area contributed by atoms with Crippen molar-refractivity contribution in [3.63, 3.8) is 0 Å². The van der Waals surface area contributed by atoms with Crippen LogP contribution in [0.4, 0.5) is 0 Å². The molecule has 1 unspecified atom stereocenters. The molecule has 2 rings (SSSR count). The fourth-order valence-corrected chi connectivity index (χ4v) is 2.31. The van der Waals surface area contributed by atoms with Crippen molar-refractivity contribution < 1.29 is 0 Å². The highest BCUT2D eigenvalue weighted by Crippen LogP contribution is 2.19. The third-order valence-corrected chi connectivity index (χ3v) is 3.57. The summed E-state index contributed by atoms with van der Waals surface area (Å²) in [4.78, 5) is 0. The second-order valence-electron chi connectivity index (χ2n) is 5.02. The molecule has 1 aromatic carbocycles. The number of nitrogens with zero attached hydrogens (tertiary/aromatic N) is 3. The van der Waals surface area contributed by atoms with Gasteiger partial charge in [-0.05, 0) is 43.5 Å². The Morgan fingerprint density at radius 3 is 2.63 bits per heavy atom. The van der Waals surface area contributed by atoms with Crippen LogP contribution < -0.4 is 5.32 Å². The minimum atomic E-state index is 0.257. The summed E-state index contributed by atoms with van der Waals surface area (Å²) in [7, 11) is 1.94. The van der Waals surface area contributed by atoms with Crippen molar-refractivity contribution in [1.29, 1.82) is 0 Å². The molecule has 1 heterocycles. The van der Waals surface area contributed by atoms with Crippen LogP contribution in [0.3, 0.4) is 0 Å². The lowest BCUT2D eigenvalue weighted by atomic mass is 9.99. The van der Waals surface area contributed by atoms with Crippen LogP contribution in [-0.4, -0.2) is 21.5 Å². The van der Waals surface area contributed by atoms with Gasteiger partial charge in [-0.15, -0.1) is 5.10 Å². The summed E-state index contributed by atoms with van der Waals surface area (Å²) in [6.07, 6.45) is 2.80. The Bertz CT molecular complexity index is 545. The molecule has 0 radical (unpaired) electrons. The summed E-state index contributed by atoms with van der Waals surface area (Å²) >= 11 is 0. The summed E-state index contributed by atoms with van der Waals surface area (Å²) in [5, 5.41) is 11.5. The van der Waals surface area contributed by atoms with Crippen molar-refractivity contribution in [2.45, 2.75) is 33.2 Å². The van der Waals surface area contributed by atoms with E-state index in [2.05, 4.69) is 54.6 Å². The lowest BCUT2D eigenvalue weighted by Crippen LogP contribution is -2.25. The normalized spacial score (nSPS) is 12.6. The number of nitrogens with one attached hydrogen (secondary N) is 1. The molecule has 1 aromatic heterocycles. The first kappa shape index (κ1) is 13.7. The van der Waals surface area contributed by atoms with Gasteiger partial charge < -0.3 is 5.32 Å². The topological polar surface area (TPSA) is 42.7 Å². The van der Waals surface area contributed by atoms with Gasteiger partial charge in [0.05, 0.1) is 17.9 Å². The van der Waals surface area contributed by atoms with E-state index in [0.29, 0.717) is 0 Å². The van der Waals surface area contributed by atoms with Crippen LogP contribution in [-0.2, 0) is 13.5 Å². The molecule has 4 heteroatoms. The quantitative estimate of drug-likeness (QED) is 0.895. The first-order valence-electron chi connectivity index (χ1n) is 6.76. The molecule has 1 N–H and O–H groups in total. The second kappa shape index (κ2) is 5.97. The van der Waals surface area contributed by atoms with Crippen LogP contribution in [0.1, 0.15) is 35.3 Å². The van der Waals surface area contributed by atoms with Gasteiger partial charge in [0.2, 0.25) is 0 Å². The molecule has 0 aliphatic rings. The molecular weight excluding hydrogens is 236 g/mol. The maximum Gasteiger partial charge on any atom is 0.0756 e. The Morgan fingerprint density at radius 1 is 1.26 bits per heavy atom. The van der Waals surface area contributed by atoms with Gasteiger partial charge >= 0.3 is 0 Å². The van der Waals surface area contributed by atoms with Gasteiger partial charge in [-0.25, -0.2) is 0 Å². The van der Waals surface area contributed by atoms with Crippen molar-refractivity contribution in [3.8, 4) is 0 Å². The number of likely N-dealkylation sites (N-methyl/N-ethyl adjacent to an activating group) is 1. The Labute approximate surface area is 114 Å². The monoisotopic (exact) mass is 258 g/mol. The number of aryl methyl sites for hydroxylation is 3. The number of benzene rings is 1. The van der Waals surface area contributed by atoms with E-state index >= 15 is 0 Å². The Kier molecular flexibility index (Phi) is 4.32. The molecule has 0 saturated carbocycles. The van der Waals surface area contributed by atoms with E-state index in [4.69, 9.17) is 0 Å². The average Bonchev–Trinajstić information content (AvgIpc) is 2.79. The zero-order chi connectivity index (χ0) is 13.8. The molecule has 0 bridgehead atoms. The lowest BCUT2D eigenvalue weighted by molar-refractivity contribution is 0.506. The van der Waals surface area contributed by atoms with E-state index in [1.807, 2.05) is 17.9 Å². The molecule has 0 spiro atoms. The molecule has 0 saturated heterocycles. The van der Waals surface area contributed by atoms with E-state index in [1.54, 1.807) is 0 Å². The molecule has 2 aromatic rings. The fourth-order valence-electron chi connectivity index (χ4n) is 2.31. The van der Waals surface area contributed by atoms with Gasteiger partial charge in [0.15, 0.2) is 0 Å². The van der Waals surface area contributed by atoms with Crippen molar-refractivity contribution in [2.75, 3.05) is 6.54 Å². The maximum absolute atomic E-state index is 4.02. The van der Waals surface area contributed by atoms with Crippen molar-refractivity contribution in [1.82, 2.24) is 20.3 Å². The third kappa shape index (κ3) is 3.20. The number of aromatic nitrogens is 3.